The van der Waals surface area contributed by atoms with Crippen LogP contribution in [0, 0.1) is 13.8 Å². The standard InChI is InChI=1S/C16H24N4OS/c1-11-6-12(2)8-13(7-11)18-16(17)14-9-20(10-21-3)5-4-15(14)19-22/h6-8,19,22H,4-5,9-10H2,1-3H3,(H2,17,18). The van der Waals surface area contributed by atoms with Crippen LogP contribution in [0.2, 0.25) is 0 Å². The highest BCUT2D eigenvalue weighted by atomic mass is 32.1. The summed E-state index contributed by atoms with van der Waals surface area (Å²) in [6.07, 6.45) is 0.852. The van der Waals surface area contributed by atoms with Crippen LogP contribution < -0.4 is 10.5 Å². The second kappa shape index (κ2) is 7.67. The van der Waals surface area contributed by atoms with Crippen molar-refractivity contribution in [1.29, 1.82) is 0 Å². The minimum absolute atomic E-state index is 0.530. The number of thiol groups is 1. The van der Waals surface area contributed by atoms with E-state index in [-0.39, 0.29) is 0 Å². The molecule has 1 aromatic rings. The molecule has 5 nitrogen and oxygen atoms in total. The number of amidine groups is 1. The Morgan fingerprint density at radius 3 is 2.64 bits per heavy atom. The number of ether oxygens (including phenoxy) is 1. The maximum atomic E-state index is 6.26. The van der Waals surface area contributed by atoms with Crippen LogP contribution in [0.3, 0.4) is 0 Å². The number of hydrogen-bond donors (Lipinski definition) is 3. The van der Waals surface area contributed by atoms with Crippen LogP contribution in [0.25, 0.3) is 0 Å². The van der Waals surface area contributed by atoms with Gasteiger partial charge in [0.1, 0.15) is 5.84 Å². The number of benzene rings is 1. The first-order chi connectivity index (χ1) is 10.5. The predicted molar refractivity (Wildman–Crippen MR) is 94.4 cm³/mol. The van der Waals surface area contributed by atoms with Gasteiger partial charge in [0.15, 0.2) is 0 Å². The fraction of sp³-hybridized carbons (Fsp3) is 0.438. The maximum absolute atomic E-state index is 6.26. The molecule has 0 aliphatic carbocycles. The zero-order chi connectivity index (χ0) is 16.1. The van der Waals surface area contributed by atoms with Crippen LogP contribution in [0.15, 0.2) is 34.5 Å². The molecule has 3 N–H and O–H groups in total. The van der Waals surface area contributed by atoms with Gasteiger partial charge in [-0.25, -0.2) is 4.99 Å². The van der Waals surface area contributed by atoms with Gasteiger partial charge in [-0.05, 0) is 37.1 Å². The number of nitrogens with two attached hydrogens (primary N) is 1. The van der Waals surface area contributed by atoms with Gasteiger partial charge in [-0.1, -0.05) is 18.9 Å². The molecule has 22 heavy (non-hydrogen) atoms. The van der Waals surface area contributed by atoms with E-state index in [9.17, 15) is 0 Å². The van der Waals surface area contributed by atoms with E-state index < -0.39 is 0 Å². The molecule has 1 aliphatic heterocycles. The quantitative estimate of drug-likeness (QED) is 0.442. The maximum Gasteiger partial charge on any atom is 0.130 e. The summed E-state index contributed by atoms with van der Waals surface area (Å²) in [4.78, 5) is 6.78. The molecule has 0 saturated carbocycles. The molecule has 0 unspecified atom stereocenters. The number of rotatable bonds is 5. The molecule has 0 saturated heterocycles. The fourth-order valence-electron chi connectivity index (χ4n) is 2.69. The minimum Gasteiger partial charge on any atom is -0.383 e. The van der Waals surface area contributed by atoms with E-state index in [0.29, 0.717) is 19.1 Å². The topological polar surface area (TPSA) is 62.9 Å². The molecule has 0 radical (unpaired) electrons. The number of nitrogens with zero attached hydrogens (tertiary/aromatic N) is 2. The van der Waals surface area contributed by atoms with Crippen LogP contribution in [0.4, 0.5) is 5.69 Å². The van der Waals surface area contributed by atoms with Crippen molar-refractivity contribution in [3.63, 3.8) is 0 Å². The summed E-state index contributed by atoms with van der Waals surface area (Å²) in [6, 6.07) is 6.18. The van der Waals surface area contributed by atoms with Gasteiger partial charge in [-0.2, -0.15) is 0 Å². The second-order valence-corrected chi connectivity index (χ2v) is 5.86. The number of aliphatic imine (C=N–C) groups is 1. The van der Waals surface area contributed by atoms with E-state index in [4.69, 9.17) is 10.5 Å². The van der Waals surface area contributed by atoms with E-state index in [2.05, 4.69) is 47.3 Å². The summed E-state index contributed by atoms with van der Waals surface area (Å²) >= 11 is 4.19. The molecule has 6 heteroatoms. The van der Waals surface area contributed by atoms with Gasteiger partial charge in [0.05, 0.1) is 12.4 Å². The Hall–Kier alpha value is -1.50. The molecule has 0 atom stereocenters. The average molecular weight is 320 g/mol. The summed E-state index contributed by atoms with van der Waals surface area (Å²) < 4.78 is 8.16. The van der Waals surface area contributed by atoms with Gasteiger partial charge in [0.25, 0.3) is 0 Å². The zero-order valence-electron chi connectivity index (χ0n) is 13.4. The Morgan fingerprint density at radius 1 is 1.36 bits per heavy atom. The zero-order valence-corrected chi connectivity index (χ0v) is 14.3. The van der Waals surface area contributed by atoms with Crippen LogP contribution in [0.1, 0.15) is 17.5 Å². The Morgan fingerprint density at radius 2 is 2.05 bits per heavy atom. The summed E-state index contributed by atoms with van der Waals surface area (Å²) in [7, 11) is 1.70. The van der Waals surface area contributed by atoms with Crippen molar-refractivity contribution in [1.82, 2.24) is 9.62 Å². The SMILES string of the molecule is COCN1CCC(NS)=C(C(N)=Nc2cc(C)cc(C)c2)C1. The van der Waals surface area contributed by atoms with Crippen LogP contribution >= 0.6 is 12.8 Å². The normalized spacial score (nSPS) is 17.0. The molecule has 2 rings (SSSR count). The first-order valence-electron chi connectivity index (χ1n) is 7.29. The molecule has 0 fully saturated rings. The Labute approximate surface area is 137 Å². The lowest BCUT2D eigenvalue weighted by molar-refractivity contribution is 0.0677. The highest BCUT2D eigenvalue weighted by Gasteiger charge is 2.20. The summed E-state index contributed by atoms with van der Waals surface area (Å²) in [6.45, 7) is 6.32. The molecule has 1 aliphatic rings. The summed E-state index contributed by atoms with van der Waals surface area (Å²) in [5.74, 6) is 0.530. The second-order valence-electron chi connectivity index (χ2n) is 5.63. The van der Waals surface area contributed by atoms with Gasteiger partial charge in [-0.3, -0.25) is 4.90 Å². The fourth-order valence-corrected chi connectivity index (χ4v) is 2.94. The molecule has 1 heterocycles. The Balaban J connectivity index is 2.29. The number of aryl methyl sites for hydroxylation is 2. The van der Waals surface area contributed by atoms with E-state index in [1.54, 1.807) is 7.11 Å². The molecule has 0 bridgehead atoms. The summed E-state index contributed by atoms with van der Waals surface area (Å²) in [5, 5.41) is 0. The van der Waals surface area contributed by atoms with E-state index >= 15 is 0 Å². The van der Waals surface area contributed by atoms with E-state index in [1.165, 1.54) is 11.1 Å². The molecular formula is C16H24N4OS. The van der Waals surface area contributed by atoms with Gasteiger partial charge in [0, 0.05) is 37.9 Å². The van der Waals surface area contributed by atoms with Gasteiger partial charge >= 0.3 is 0 Å². The number of nitrogens with one attached hydrogen (secondary N) is 1. The number of hydrogen-bond acceptors (Lipinski definition) is 5. The Bertz CT molecular complexity index is 578. The van der Waals surface area contributed by atoms with Crippen LogP contribution in [0.5, 0.6) is 0 Å². The smallest absolute Gasteiger partial charge is 0.130 e. The van der Waals surface area contributed by atoms with Crippen LogP contribution in [-0.4, -0.2) is 37.7 Å². The average Bonchev–Trinajstić information content (AvgIpc) is 2.46. The van der Waals surface area contributed by atoms with Crippen molar-refractivity contribution in [2.24, 2.45) is 10.7 Å². The first-order valence-corrected chi connectivity index (χ1v) is 7.74. The lowest BCUT2D eigenvalue weighted by Crippen LogP contribution is -2.38. The van der Waals surface area contributed by atoms with Crippen molar-refractivity contribution >= 4 is 24.3 Å². The largest absolute Gasteiger partial charge is 0.383 e. The third kappa shape index (κ3) is 4.25. The van der Waals surface area contributed by atoms with Crippen molar-refractivity contribution < 1.29 is 4.74 Å². The Kier molecular flexibility index (Phi) is 5.88. The first kappa shape index (κ1) is 16.9. The highest BCUT2D eigenvalue weighted by molar-refractivity contribution is 7.78. The molecule has 0 aromatic heterocycles. The highest BCUT2D eigenvalue weighted by Crippen LogP contribution is 2.21. The van der Waals surface area contributed by atoms with Gasteiger partial charge in [0.2, 0.25) is 0 Å². The monoisotopic (exact) mass is 320 g/mol. The van der Waals surface area contributed by atoms with Gasteiger partial charge < -0.3 is 15.2 Å². The van der Waals surface area contributed by atoms with Crippen molar-refractivity contribution in [2.75, 3.05) is 26.9 Å². The third-order valence-electron chi connectivity index (χ3n) is 3.64. The summed E-state index contributed by atoms with van der Waals surface area (Å²) in [5.41, 5.74) is 11.5. The lowest BCUT2D eigenvalue weighted by Gasteiger charge is -2.29. The molecular weight excluding hydrogens is 296 g/mol. The number of methoxy groups -OCH3 is 1. The molecule has 0 amide bonds. The molecule has 120 valence electrons. The van der Waals surface area contributed by atoms with Crippen molar-refractivity contribution in [3.8, 4) is 0 Å². The van der Waals surface area contributed by atoms with Crippen molar-refractivity contribution in [2.45, 2.75) is 20.3 Å². The third-order valence-corrected chi connectivity index (χ3v) is 3.91. The van der Waals surface area contributed by atoms with Crippen LogP contribution in [-0.2, 0) is 4.74 Å². The predicted octanol–water partition coefficient (Wildman–Crippen LogP) is 2.29. The molecule has 1 aromatic carbocycles. The minimum atomic E-state index is 0.530. The van der Waals surface area contributed by atoms with E-state index in [1.807, 2.05) is 12.1 Å². The van der Waals surface area contributed by atoms with E-state index in [0.717, 1.165) is 29.9 Å². The molecule has 0 spiro atoms. The lowest BCUT2D eigenvalue weighted by atomic mass is 10.1. The van der Waals surface area contributed by atoms with Crippen molar-refractivity contribution in [3.05, 3.63) is 40.6 Å². The van der Waals surface area contributed by atoms with Gasteiger partial charge in [-0.15, -0.1) is 0 Å².